The molecule has 0 radical (unpaired) electrons. The third kappa shape index (κ3) is 3.47. The minimum atomic E-state index is 0.118. The molecule has 1 aliphatic carbocycles. The topological polar surface area (TPSA) is 35.5 Å². The molecule has 0 unspecified atom stereocenters. The lowest BCUT2D eigenvalue weighted by atomic mass is 10.1. The number of nitrogens with zero attached hydrogens (tertiary/aromatic N) is 1. The Bertz CT molecular complexity index is 261. The molecule has 0 saturated heterocycles. The van der Waals surface area contributed by atoms with Crippen LogP contribution in [0.1, 0.15) is 12.8 Å². The molecule has 0 spiro atoms. The summed E-state index contributed by atoms with van der Waals surface area (Å²) in [6.45, 7) is 0.677. The van der Waals surface area contributed by atoms with Crippen molar-refractivity contribution in [1.82, 2.24) is 10.2 Å². The van der Waals surface area contributed by atoms with Crippen molar-refractivity contribution in [1.29, 1.82) is 0 Å². The number of rotatable bonds is 3. The molecule has 0 amide bonds. The number of allylic oxidation sites excluding steroid dienone is 3. The highest BCUT2D eigenvalue weighted by molar-refractivity contribution is 7.80. The quantitative estimate of drug-likeness (QED) is 0.685. The molecular formula is C10H16N2OS. The lowest BCUT2D eigenvalue weighted by Crippen LogP contribution is -2.37. The Hall–Kier alpha value is -0.870. The van der Waals surface area contributed by atoms with Crippen LogP contribution >= 0.6 is 12.2 Å². The monoisotopic (exact) mass is 212 g/mol. The molecule has 0 saturated carbocycles. The van der Waals surface area contributed by atoms with Crippen LogP contribution in [-0.4, -0.2) is 35.3 Å². The average molecular weight is 212 g/mol. The van der Waals surface area contributed by atoms with Gasteiger partial charge >= 0.3 is 0 Å². The summed E-state index contributed by atoms with van der Waals surface area (Å²) in [5.41, 5.74) is 1.05. The first-order valence-corrected chi connectivity index (χ1v) is 5.14. The molecule has 1 aliphatic rings. The number of nitrogens with one attached hydrogen (secondary N) is 1. The molecule has 0 fully saturated rings. The van der Waals surface area contributed by atoms with Gasteiger partial charge in [0.2, 0.25) is 0 Å². The largest absolute Gasteiger partial charge is 0.395 e. The maximum Gasteiger partial charge on any atom is 0.173 e. The molecule has 0 heterocycles. The van der Waals surface area contributed by atoms with Gasteiger partial charge in [0.25, 0.3) is 0 Å². The zero-order valence-electron chi connectivity index (χ0n) is 8.36. The van der Waals surface area contributed by atoms with E-state index in [1.165, 1.54) is 0 Å². The predicted octanol–water partition coefficient (Wildman–Crippen LogP) is 1.02. The minimum Gasteiger partial charge on any atom is -0.395 e. The third-order valence-corrected chi connectivity index (χ3v) is 2.44. The van der Waals surface area contributed by atoms with Crippen LogP contribution in [0.15, 0.2) is 23.9 Å². The van der Waals surface area contributed by atoms with Gasteiger partial charge in [-0.1, -0.05) is 12.2 Å². The molecule has 0 aromatic carbocycles. The van der Waals surface area contributed by atoms with Crippen LogP contribution in [0, 0.1) is 0 Å². The lowest BCUT2D eigenvalue weighted by molar-refractivity contribution is 0.263. The van der Waals surface area contributed by atoms with Crippen molar-refractivity contribution >= 4 is 17.3 Å². The SMILES string of the molecule is CN(CCO)C(=S)NC1=CCCC=C1. The number of hydrogen-bond acceptors (Lipinski definition) is 2. The van der Waals surface area contributed by atoms with Crippen molar-refractivity contribution in [3.05, 3.63) is 23.9 Å². The molecular weight excluding hydrogens is 196 g/mol. The average Bonchev–Trinajstić information content (AvgIpc) is 2.19. The van der Waals surface area contributed by atoms with Crippen molar-refractivity contribution in [3.8, 4) is 0 Å². The van der Waals surface area contributed by atoms with Gasteiger partial charge in [-0.05, 0) is 31.1 Å². The summed E-state index contributed by atoms with van der Waals surface area (Å²) in [7, 11) is 1.86. The number of thiocarbonyl (C=S) groups is 1. The molecule has 4 heteroatoms. The standard InChI is InChI=1S/C10H16N2OS/c1-12(7-8-13)10(14)11-9-5-3-2-4-6-9/h3,5-6,13H,2,4,7-8H2,1H3,(H,11,14). The van der Waals surface area contributed by atoms with Gasteiger partial charge < -0.3 is 15.3 Å². The lowest BCUT2D eigenvalue weighted by Gasteiger charge is -2.21. The summed E-state index contributed by atoms with van der Waals surface area (Å²) in [5, 5.41) is 12.5. The van der Waals surface area contributed by atoms with Crippen molar-refractivity contribution in [2.45, 2.75) is 12.8 Å². The minimum absolute atomic E-state index is 0.118. The van der Waals surface area contributed by atoms with E-state index in [2.05, 4.69) is 17.5 Å². The van der Waals surface area contributed by atoms with E-state index >= 15 is 0 Å². The van der Waals surface area contributed by atoms with Gasteiger partial charge in [-0.25, -0.2) is 0 Å². The number of hydrogen-bond donors (Lipinski definition) is 2. The van der Waals surface area contributed by atoms with E-state index in [9.17, 15) is 0 Å². The number of likely N-dealkylation sites (N-methyl/N-ethyl adjacent to an activating group) is 1. The fraction of sp³-hybridized carbons (Fsp3) is 0.500. The van der Waals surface area contributed by atoms with Crippen molar-refractivity contribution in [2.75, 3.05) is 20.2 Å². The highest BCUT2D eigenvalue weighted by Gasteiger charge is 2.04. The van der Waals surface area contributed by atoms with Crippen molar-refractivity contribution in [3.63, 3.8) is 0 Å². The molecule has 0 atom stereocenters. The molecule has 3 nitrogen and oxygen atoms in total. The molecule has 78 valence electrons. The molecule has 0 aromatic heterocycles. The Morgan fingerprint density at radius 2 is 2.43 bits per heavy atom. The highest BCUT2D eigenvalue weighted by atomic mass is 32.1. The third-order valence-electron chi connectivity index (χ3n) is 2.03. The summed E-state index contributed by atoms with van der Waals surface area (Å²) in [5.74, 6) is 0. The van der Waals surface area contributed by atoms with Gasteiger partial charge in [0.05, 0.1) is 6.61 Å². The summed E-state index contributed by atoms with van der Waals surface area (Å²) in [6, 6.07) is 0. The zero-order chi connectivity index (χ0) is 10.4. The van der Waals surface area contributed by atoms with Gasteiger partial charge in [0.1, 0.15) is 0 Å². The second-order valence-corrected chi connectivity index (χ2v) is 3.60. The highest BCUT2D eigenvalue weighted by Crippen LogP contribution is 2.06. The van der Waals surface area contributed by atoms with Gasteiger partial charge in [0, 0.05) is 19.3 Å². The second-order valence-electron chi connectivity index (χ2n) is 3.21. The van der Waals surface area contributed by atoms with Crippen molar-refractivity contribution in [2.24, 2.45) is 0 Å². The van der Waals surface area contributed by atoms with E-state index in [0.717, 1.165) is 18.5 Å². The summed E-state index contributed by atoms with van der Waals surface area (Å²) in [6.07, 6.45) is 8.44. The normalized spacial score (nSPS) is 14.9. The summed E-state index contributed by atoms with van der Waals surface area (Å²) < 4.78 is 0. The van der Waals surface area contributed by atoms with Crippen LogP contribution in [0.2, 0.25) is 0 Å². The molecule has 14 heavy (non-hydrogen) atoms. The Morgan fingerprint density at radius 3 is 3.00 bits per heavy atom. The van der Waals surface area contributed by atoms with Crippen LogP contribution in [0.25, 0.3) is 0 Å². The maximum absolute atomic E-state index is 8.73. The smallest absolute Gasteiger partial charge is 0.173 e. The number of aliphatic hydroxyl groups excluding tert-OH is 1. The van der Waals surface area contributed by atoms with Crippen LogP contribution in [-0.2, 0) is 0 Å². The first kappa shape index (κ1) is 11.2. The first-order valence-electron chi connectivity index (χ1n) is 4.73. The Kier molecular flexibility index (Phi) is 4.62. The maximum atomic E-state index is 8.73. The van der Waals surface area contributed by atoms with Crippen LogP contribution in [0.4, 0.5) is 0 Å². The second kappa shape index (κ2) is 5.78. The zero-order valence-corrected chi connectivity index (χ0v) is 9.18. The molecule has 0 aromatic rings. The Balaban J connectivity index is 2.39. The van der Waals surface area contributed by atoms with Gasteiger partial charge in [-0.15, -0.1) is 0 Å². The molecule has 0 bridgehead atoms. The van der Waals surface area contributed by atoms with Gasteiger partial charge in [-0.2, -0.15) is 0 Å². The summed E-state index contributed by atoms with van der Waals surface area (Å²) in [4.78, 5) is 1.82. The van der Waals surface area contributed by atoms with Gasteiger partial charge in [-0.3, -0.25) is 0 Å². The van der Waals surface area contributed by atoms with Crippen molar-refractivity contribution < 1.29 is 5.11 Å². The molecule has 1 rings (SSSR count). The van der Waals surface area contributed by atoms with E-state index in [4.69, 9.17) is 17.3 Å². The van der Waals surface area contributed by atoms with E-state index in [0.29, 0.717) is 11.7 Å². The van der Waals surface area contributed by atoms with Crippen LogP contribution in [0.5, 0.6) is 0 Å². The fourth-order valence-corrected chi connectivity index (χ4v) is 1.39. The predicted molar refractivity (Wildman–Crippen MR) is 61.9 cm³/mol. The van der Waals surface area contributed by atoms with E-state index in [1.807, 2.05) is 18.0 Å². The Labute approximate surface area is 90.1 Å². The van der Waals surface area contributed by atoms with Crippen LogP contribution < -0.4 is 5.32 Å². The fourth-order valence-electron chi connectivity index (χ4n) is 1.18. The molecule has 2 N–H and O–H groups in total. The first-order chi connectivity index (χ1) is 6.74. The molecule has 0 aliphatic heterocycles. The Morgan fingerprint density at radius 1 is 1.64 bits per heavy atom. The summed E-state index contributed by atoms with van der Waals surface area (Å²) >= 11 is 5.15. The van der Waals surface area contributed by atoms with E-state index < -0.39 is 0 Å². The van der Waals surface area contributed by atoms with Crippen LogP contribution in [0.3, 0.4) is 0 Å². The van der Waals surface area contributed by atoms with Gasteiger partial charge in [0.15, 0.2) is 5.11 Å². The van der Waals surface area contributed by atoms with E-state index in [1.54, 1.807) is 0 Å². The number of aliphatic hydroxyl groups is 1. The van der Waals surface area contributed by atoms with E-state index in [-0.39, 0.29) is 6.61 Å².